The molecule has 4 nitrogen and oxygen atoms in total. The lowest BCUT2D eigenvalue weighted by Gasteiger charge is -2.11. The Balaban J connectivity index is 1.70. The number of benzene rings is 1. The summed E-state index contributed by atoms with van der Waals surface area (Å²) in [5.41, 5.74) is 1.91. The topological polar surface area (TPSA) is 49.5 Å². The van der Waals surface area contributed by atoms with Crippen molar-refractivity contribution >= 4 is 0 Å². The van der Waals surface area contributed by atoms with Gasteiger partial charge >= 0.3 is 0 Å². The van der Waals surface area contributed by atoms with Gasteiger partial charge in [-0.1, -0.05) is 18.2 Å². The van der Waals surface area contributed by atoms with E-state index in [0.717, 1.165) is 37.3 Å². The molecule has 1 aliphatic heterocycles. The first kappa shape index (κ1) is 11.4. The SMILES string of the molecule is O[C@H]1CCN(Cc2coc(-c3ccccc3)n2)C1. The predicted octanol–water partition coefficient (Wildman–Crippen LogP) is 1.91. The van der Waals surface area contributed by atoms with Crippen molar-refractivity contribution in [2.75, 3.05) is 13.1 Å². The third-order valence-corrected chi connectivity index (χ3v) is 3.21. The highest BCUT2D eigenvalue weighted by Crippen LogP contribution is 2.19. The molecule has 94 valence electrons. The van der Waals surface area contributed by atoms with Crippen molar-refractivity contribution in [2.45, 2.75) is 19.1 Å². The van der Waals surface area contributed by atoms with Crippen LogP contribution >= 0.6 is 0 Å². The third-order valence-electron chi connectivity index (χ3n) is 3.21. The van der Waals surface area contributed by atoms with Crippen LogP contribution in [0.5, 0.6) is 0 Å². The van der Waals surface area contributed by atoms with Gasteiger partial charge in [-0.15, -0.1) is 0 Å². The number of hydrogen-bond acceptors (Lipinski definition) is 4. The summed E-state index contributed by atoms with van der Waals surface area (Å²) in [6, 6.07) is 9.87. The number of β-amino-alcohol motifs (C(OH)–C–C–N with tert-alkyl or cyclic N) is 1. The smallest absolute Gasteiger partial charge is 0.226 e. The van der Waals surface area contributed by atoms with Crippen LogP contribution in [0.25, 0.3) is 11.5 Å². The molecule has 0 unspecified atom stereocenters. The van der Waals surface area contributed by atoms with Crippen molar-refractivity contribution in [3.63, 3.8) is 0 Å². The lowest BCUT2D eigenvalue weighted by Crippen LogP contribution is -2.21. The fourth-order valence-electron chi connectivity index (χ4n) is 2.28. The summed E-state index contributed by atoms with van der Waals surface area (Å²) in [5, 5.41) is 9.48. The number of aliphatic hydroxyl groups excluding tert-OH is 1. The molecule has 18 heavy (non-hydrogen) atoms. The van der Waals surface area contributed by atoms with E-state index in [4.69, 9.17) is 4.42 Å². The van der Waals surface area contributed by atoms with E-state index in [1.165, 1.54) is 0 Å². The summed E-state index contributed by atoms with van der Waals surface area (Å²) in [7, 11) is 0. The van der Waals surface area contributed by atoms with Crippen LogP contribution in [0.3, 0.4) is 0 Å². The van der Waals surface area contributed by atoms with Crippen molar-refractivity contribution in [1.29, 1.82) is 0 Å². The molecule has 2 heterocycles. The van der Waals surface area contributed by atoms with Gasteiger partial charge in [0, 0.05) is 25.2 Å². The molecule has 1 aliphatic rings. The van der Waals surface area contributed by atoms with Crippen LogP contribution in [0, 0.1) is 0 Å². The molecule has 1 saturated heterocycles. The van der Waals surface area contributed by atoms with Crippen molar-refractivity contribution < 1.29 is 9.52 Å². The largest absolute Gasteiger partial charge is 0.444 e. The monoisotopic (exact) mass is 244 g/mol. The summed E-state index contributed by atoms with van der Waals surface area (Å²) in [6.07, 6.45) is 2.36. The first-order valence-electron chi connectivity index (χ1n) is 6.21. The van der Waals surface area contributed by atoms with E-state index in [9.17, 15) is 5.11 Å². The predicted molar refractivity (Wildman–Crippen MR) is 67.8 cm³/mol. The fraction of sp³-hybridized carbons (Fsp3) is 0.357. The summed E-state index contributed by atoms with van der Waals surface area (Å²) >= 11 is 0. The standard InChI is InChI=1S/C14H16N2O2/c17-13-6-7-16(9-13)8-12-10-18-14(15-12)11-4-2-1-3-5-11/h1-5,10,13,17H,6-9H2/t13-/m0/s1. The quantitative estimate of drug-likeness (QED) is 0.896. The highest BCUT2D eigenvalue weighted by molar-refractivity contribution is 5.52. The van der Waals surface area contributed by atoms with E-state index in [2.05, 4.69) is 9.88 Å². The molecule has 1 N–H and O–H groups in total. The average molecular weight is 244 g/mol. The van der Waals surface area contributed by atoms with Crippen LogP contribution < -0.4 is 0 Å². The van der Waals surface area contributed by atoms with Gasteiger partial charge in [0.05, 0.1) is 11.8 Å². The summed E-state index contributed by atoms with van der Waals surface area (Å²) in [4.78, 5) is 6.67. The van der Waals surface area contributed by atoms with Gasteiger partial charge in [0.15, 0.2) is 0 Å². The number of aromatic nitrogens is 1. The molecular formula is C14H16N2O2. The molecule has 1 aromatic carbocycles. The molecule has 0 amide bonds. The zero-order valence-corrected chi connectivity index (χ0v) is 10.1. The Hall–Kier alpha value is -1.65. The Morgan fingerprint density at radius 2 is 2.17 bits per heavy atom. The van der Waals surface area contributed by atoms with Crippen molar-refractivity contribution in [3.8, 4) is 11.5 Å². The molecular weight excluding hydrogens is 228 g/mol. The summed E-state index contributed by atoms with van der Waals surface area (Å²) in [6.45, 7) is 2.40. The molecule has 0 radical (unpaired) electrons. The molecule has 2 aromatic rings. The van der Waals surface area contributed by atoms with Crippen LogP contribution in [-0.4, -0.2) is 34.2 Å². The van der Waals surface area contributed by atoms with Crippen LogP contribution in [-0.2, 0) is 6.54 Å². The second kappa shape index (κ2) is 4.92. The maximum atomic E-state index is 9.48. The number of rotatable bonds is 3. The second-order valence-electron chi connectivity index (χ2n) is 4.69. The summed E-state index contributed by atoms with van der Waals surface area (Å²) < 4.78 is 5.49. The van der Waals surface area contributed by atoms with E-state index in [1.807, 2.05) is 30.3 Å². The highest BCUT2D eigenvalue weighted by Gasteiger charge is 2.21. The van der Waals surface area contributed by atoms with Crippen LogP contribution in [0.15, 0.2) is 41.0 Å². The van der Waals surface area contributed by atoms with Crippen molar-refractivity contribution in [3.05, 3.63) is 42.3 Å². The van der Waals surface area contributed by atoms with Crippen molar-refractivity contribution in [1.82, 2.24) is 9.88 Å². The van der Waals surface area contributed by atoms with E-state index in [-0.39, 0.29) is 6.10 Å². The van der Waals surface area contributed by atoms with Gasteiger partial charge in [0.2, 0.25) is 5.89 Å². The number of aliphatic hydroxyl groups is 1. The molecule has 0 aliphatic carbocycles. The molecule has 0 saturated carbocycles. The molecule has 1 atom stereocenters. The van der Waals surface area contributed by atoms with Crippen LogP contribution in [0.1, 0.15) is 12.1 Å². The highest BCUT2D eigenvalue weighted by atomic mass is 16.3. The molecule has 0 spiro atoms. The van der Waals surface area contributed by atoms with Crippen LogP contribution in [0.4, 0.5) is 0 Å². The van der Waals surface area contributed by atoms with Gasteiger partial charge < -0.3 is 9.52 Å². The maximum absolute atomic E-state index is 9.48. The minimum atomic E-state index is -0.189. The Bertz CT molecular complexity index is 510. The minimum absolute atomic E-state index is 0.189. The normalized spacial score (nSPS) is 20.4. The lowest BCUT2D eigenvalue weighted by molar-refractivity contribution is 0.174. The Labute approximate surface area is 106 Å². The number of hydrogen-bond donors (Lipinski definition) is 1. The zero-order chi connectivity index (χ0) is 12.4. The van der Waals surface area contributed by atoms with Crippen molar-refractivity contribution in [2.24, 2.45) is 0 Å². The average Bonchev–Trinajstić information content (AvgIpc) is 3.01. The van der Waals surface area contributed by atoms with Gasteiger partial charge in [-0.05, 0) is 18.6 Å². The van der Waals surface area contributed by atoms with Gasteiger partial charge in [-0.2, -0.15) is 0 Å². The van der Waals surface area contributed by atoms with E-state index < -0.39 is 0 Å². The Kier molecular flexibility index (Phi) is 3.13. The van der Waals surface area contributed by atoms with Crippen LogP contribution in [0.2, 0.25) is 0 Å². The minimum Gasteiger partial charge on any atom is -0.444 e. The van der Waals surface area contributed by atoms with E-state index in [1.54, 1.807) is 6.26 Å². The lowest BCUT2D eigenvalue weighted by atomic mass is 10.2. The Morgan fingerprint density at radius 3 is 2.89 bits per heavy atom. The Morgan fingerprint density at radius 1 is 1.33 bits per heavy atom. The van der Waals surface area contributed by atoms with Gasteiger partial charge in [-0.3, -0.25) is 4.90 Å². The molecule has 1 aromatic heterocycles. The number of likely N-dealkylation sites (tertiary alicyclic amines) is 1. The number of oxazole rings is 1. The van der Waals surface area contributed by atoms with E-state index in [0.29, 0.717) is 5.89 Å². The van der Waals surface area contributed by atoms with Gasteiger partial charge in [0.1, 0.15) is 6.26 Å². The molecule has 1 fully saturated rings. The van der Waals surface area contributed by atoms with Gasteiger partial charge in [0.25, 0.3) is 0 Å². The zero-order valence-electron chi connectivity index (χ0n) is 10.1. The van der Waals surface area contributed by atoms with Gasteiger partial charge in [-0.25, -0.2) is 4.98 Å². The summed E-state index contributed by atoms with van der Waals surface area (Å²) in [5.74, 6) is 0.658. The second-order valence-corrected chi connectivity index (χ2v) is 4.69. The first-order valence-corrected chi connectivity index (χ1v) is 6.21. The first-order chi connectivity index (χ1) is 8.81. The fourth-order valence-corrected chi connectivity index (χ4v) is 2.28. The number of nitrogens with zero attached hydrogens (tertiary/aromatic N) is 2. The third kappa shape index (κ3) is 2.44. The maximum Gasteiger partial charge on any atom is 0.226 e. The molecule has 3 rings (SSSR count). The molecule has 0 bridgehead atoms. The molecule has 4 heteroatoms. The van der Waals surface area contributed by atoms with E-state index >= 15 is 0 Å².